The summed E-state index contributed by atoms with van der Waals surface area (Å²) in [6, 6.07) is 12.5. The quantitative estimate of drug-likeness (QED) is 0.329. The molecule has 34 heavy (non-hydrogen) atoms. The molecule has 4 N–H and O–H groups in total. The highest BCUT2D eigenvalue weighted by Gasteiger charge is 2.17. The summed E-state index contributed by atoms with van der Waals surface area (Å²) >= 11 is 0. The molecule has 0 bridgehead atoms. The van der Waals surface area contributed by atoms with Gasteiger partial charge in [0.25, 0.3) is 0 Å². The Labute approximate surface area is 191 Å². The van der Waals surface area contributed by atoms with Crippen molar-refractivity contribution in [1.82, 2.24) is 4.98 Å². The molecule has 0 saturated carbocycles. The number of carboxylic acid groups (broad SMARTS) is 4. The van der Waals surface area contributed by atoms with E-state index in [0.29, 0.717) is 33.0 Å². The monoisotopic (exact) mass is 457 g/mol. The maximum atomic E-state index is 11.5. The maximum Gasteiger partial charge on any atom is 0.335 e. The average Bonchev–Trinajstić information content (AvgIpc) is 2.82. The number of nitrogens with zero attached hydrogens (tertiary/aromatic N) is 1. The average molecular weight is 457 g/mol. The molecular formula is C25H15NO8. The molecule has 0 radical (unpaired) electrons. The van der Waals surface area contributed by atoms with E-state index in [1.54, 1.807) is 18.2 Å². The van der Waals surface area contributed by atoms with Crippen molar-refractivity contribution in [2.75, 3.05) is 0 Å². The summed E-state index contributed by atoms with van der Waals surface area (Å²) in [6.07, 6.45) is 3.02. The van der Waals surface area contributed by atoms with Crippen molar-refractivity contribution in [2.24, 2.45) is 0 Å². The number of carbonyl (C=O) groups is 4. The van der Waals surface area contributed by atoms with Gasteiger partial charge in [-0.1, -0.05) is 12.1 Å². The van der Waals surface area contributed by atoms with Crippen LogP contribution in [0, 0.1) is 0 Å². The lowest BCUT2D eigenvalue weighted by Gasteiger charge is -2.14. The summed E-state index contributed by atoms with van der Waals surface area (Å²) < 4.78 is 0. The Hall–Kier alpha value is -5.05. The molecule has 1 aromatic heterocycles. The second kappa shape index (κ2) is 8.47. The van der Waals surface area contributed by atoms with Crippen LogP contribution in [0.4, 0.5) is 0 Å². The van der Waals surface area contributed by atoms with Gasteiger partial charge in [0.2, 0.25) is 0 Å². The third-order valence-electron chi connectivity index (χ3n) is 5.29. The Kier molecular flexibility index (Phi) is 5.52. The van der Waals surface area contributed by atoms with Crippen molar-refractivity contribution < 1.29 is 39.6 Å². The standard InChI is InChI=1S/C25H15NO8/c27-22(28)14-5-12(6-15(9-14)23(29)30)18-1-2-19(21-11-26-4-3-20(18)21)13-7-16(24(31)32)10-17(8-13)25(33)34/h1-11H,(H,27,28)(H,29,30)(H,31,32)(H,33,34). The van der Waals surface area contributed by atoms with Crippen LogP contribution in [0.5, 0.6) is 0 Å². The molecule has 0 aliphatic heterocycles. The van der Waals surface area contributed by atoms with Gasteiger partial charge in [-0.25, -0.2) is 19.2 Å². The van der Waals surface area contributed by atoms with Gasteiger partial charge >= 0.3 is 23.9 Å². The number of pyridine rings is 1. The molecule has 4 aromatic rings. The second-order valence-electron chi connectivity index (χ2n) is 7.40. The number of hydrogen-bond acceptors (Lipinski definition) is 5. The van der Waals surface area contributed by atoms with E-state index >= 15 is 0 Å². The minimum atomic E-state index is -1.28. The zero-order valence-electron chi connectivity index (χ0n) is 17.2. The molecular weight excluding hydrogens is 442 g/mol. The highest BCUT2D eigenvalue weighted by molar-refractivity contribution is 6.07. The van der Waals surface area contributed by atoms with E-state index in [9.17, 15) is 39.6 Å². The number of rotatable bonds is 6. The van der Waals surface area contributed by atoms with E-state index < -0.39 is 23.9 Å². The Morgan fingerprint density at radius 3 is 1.29 bits per heavy atom. The molecule has 0 aliphatic carbocycles. The minimum Gasteiger partial charge on any atom is -0.478 e. The summed E-state index contributed by atoms with van der Waals surface area (Å²) in [5.41, 5.74) is 0.943. The van der Waals surface area contributed by atoms with Crippen LogP contribution in [0.3, 0.4) is 0 Å². The van der Waals surface area contributed by atoms with Gasteiger partial charge in [0.05, 0.1) is 22.3 Å². The number of hydrogen-bond donors (Lipinski definition) is 4. The zero-order chi connectivity index (χ0) is 24.6. The maximum absolute atomic E-state index is 11.5. The molecule has 0 atom stereocenters. The Morgan fingerprint density at radius 2 is 0.912 bits per heavy atom. The van der Waals surface area contributed by atoms with Gasteiger partial charge in [-0.3, -0.25) is 4.98 Å². The molecule has 9 heteroatoms. The molecule has 0 amide bonds. The summed E-state index contributed by atoms with van der Waals surface area (Å²) in [6.45, 7) is 0. The van der Waals surface area contributed by atoms with Crippen LogP contribution in [-0.4, -0.2) is 49.3 Å². The van der Waals surface area contributed by atoms with E-state index in [-0.39, 0.29) is 22.3 Å². The molecule has 168 valence electrons. The van der Waals surface area contributed by atoms with Crippen molar-refractivity contribution >= 4 is 34.6 Å². The van der Waals surface area contributed by atoms with Crippen molar-refractivity contribution in [3.05, 3.63) is 89.2 Å². The molecule has 3 aromatic carbocycles. The second-order valence-corrected chi connectivity index (χ2v) is 7.40. The van der Waals surface area contributed by atoms with Crippen molar-refractivity contribution in [3.8, 4) is 22.3 Å². The van der Waals surface area contributed by atoms with Crippen molar-refractivity contribution in [2.45, 2.75) is 0 Å². The molecule has 0 aliphatic rings. The fourth-order valence-corrected chi connectivity index (χ4v) is 3.75. The number of aromatic nitrogens is 1. The number of aromatic carboxylic acids is 4. The SMILES string of the molecule is O=C(O)c1cc(C(=O)O)cc(-c2ccc(-c3cc(C(=O)O)cc(C(=O)O)c3)c3cnccc23)c1. The molecule has 9 nitrogen and oxygen atoms in total. The molecule has 0 saturated heterocycles. The summed E-state index contributed by atoms with van der Waals surface area (Å²) in [5.74, 6) is -5.12. The van der Waals surface area contributed by atoms with Gasteiger partial charge in [0.15, 0.2) is 0 Å². The molecule has 0 fully saturated rings. The molecule has 0 unspecified atom stereocenters. The normalized spacial score (nSPS) is 10.7. The van der Waals surface area contributed by atoms with E-state index in [2.05, 4.69) is 4.98 Å². The minimum absolute atomic E-state index is 0.193. The Balaban J connectivity index is 2.00. The third kappa shape index (κ3) is 4.05. The van der Waals surface area contributed by atoms with E-state index in [1.165, 1.54) is 36.7 Å². The van der Waals surface area contributed by atoms with Crippen LogP contribution in [0.15, 0.2) is 67.0 Å². The van der Waals surface area contributed by atoms with Crippen LogP contribution >= 0.6 is 0 Å². The summed E-state index contributed by atoms with van der Waals surface area (Å²) in [7, 11) is 0. The first-order chi connectivity index (χ1) is 16.2. The molecule has 0 spiro atoms. The van der Waals surface area contributed by atoms with Crippen molar-refractivity contribution in [3.63, 3.8) is 0 Å². The fourth-order valence-electron chi connectivity index (χ4n) is 3.75. The zero-order valence-corrected chi connectivity index (χ0v) is 17.2. The number of benzene rings is 3. The number of fused-ring (bicyclic) bond motifs is 1. The number of carboxylic acids is 4. The first kappa shape index (κ1) is 22.2. The predicted molar refractivity (Wildman–Crippen MR) is 120 cm³/mol. The highest BCUT2D eigenvalue weighted by atomic mass is 16.4. The lowest BCUT2D eigenvalue weighted by Crippen LogP contribution is -2.03. The topological polar surface area (TPSA) is 162 Å². The molecule has 1 heterocycles. The van der Waals surface area contributed by atoms with Crippen molar-refractivity contribution in [1.29, 1.82) is 0 Å². The van der Waals surface area contributed by atoms with Crippen LogP contribution in [0.2, 0.25) is 0 Å². The Morgan fingerprint density at radius 1 is 0.529 bits per heavy atom. The highest BCUT2D eigenvalue weighted by Crippen LogP contribution is 2.36. The lowest BCUT2D eigenvalue weighted by atomic mass is 9.90. The molecule has 4 rings (SSSR count). The van der Waals surface area contributed by atoms with Gasteiger partial charge in [-0.05, 0) is 70.1 Å². The summed E-state index contributed by atoms with van der Waals surface area (Å²) in [4.78, 5) is 50.3. The third-order valence-corrected chi connectivity index (χ3v) is 5.29. The first-order valence-corrected chi connectivity index (χ1v) is 9.76. The predicted octanol–water partition coefficient (Wildman–Crippen LogP) is 4.36. The van der Waals surface area contributed by atoms with Crippen LogP contribution in [0.1, 0.15) is 41.4 Å². The van der Waals surface area contributed by atoms with Gasteiger partial charge in [0.1, 0.15) is 0 Å². The fraction of sp³-hybridized carbons (Fsp3) is 0. The van der Waals surface area contributed by atoms with Gasteiger partial charge in [-0.15, -0.1) is 0 Å². The van der Waals surface area contributed by atoms with E-state index in [1.807, 2.05) is 0 Å². The van der Waals surface area contributed by atoms with Gasteiger partial charge in [-0.2, -0.15) is 0 Å². The van der Waals surface area contributed by atoms with E-state index in [0.717, 1.165) is 12.1 Å². The van der Waals surface area contributed by atoms with E-state index in [4.69, 9.17) is 0 Å². The summed E-state index contributed by atoms with van der Waals surface area (Å²) in [5, 5.41) is 38.8. The van der Waals surface area contributed by atoms with Gasteiger partial charge in [0, 0.05) is 17.8 Å². The van der Waals surface area contributed by atoms with Gasteiger partial charge < -0.3 is 20.4 Å². The smallest absolute Gasteiger partial charge is 0.335 e. The van der Waals surface area contributed by atoms with Crippen LogP contribution < -0.4 is 0 Å². The lowest BCUT2D eigenvalue weighted by molar-refractivity contribution is 0.0676. The van der Waals surface area contributed by atoms with Crippen LogP contribution in [-0.2, 0) is 0 Å². The first-order valence-electron chi connectivity index (χ1n) is 9.76. The largest absolute Gasteiger partial charge is 0.478 e. The Bertz CT molecular complexity index is 1340. The van der Waals surface area contributed by atoms with Crippen LogP contribution in [0.25, 0.3) is 33.0 Å².